The van der Waals surface area contributed by atoms with E-state index in [1.165, 1.54) is 39.2 Å². The van der Waals surface area contributed by atoms with Gasteiger partial charge in [0, 0.05) is 10.5 Å². The maximum absolute atomic E-state index is 11.5. The van der Waals surface area contributed by atoms with Crippen LogP contribution in [-0.4, -0.2) is 26.0 Å². The topological polar surface area (TPSA) is 52.6 Å². The Hall–Kier alpha value is -1.75. The molecule has 0 heterocycles. The number of rotatable bonds is 5. The Morgan fingerprint density at radius 1 is 1.28 bits per heavy atom. The first-order valence-corrected chi connectivity index (χ1v) is 6.00. The average molecular weight is 266 g/mol. The van der Waals surface area contributed by atoms with Crippen LogP contribution in [0.15, 0.2) is 40.3 Å². The fraction of sp³-hybridized carbons (Fsp3) is 0.231. The summed E-state index contributed by atoms with van der Waals surface area (Å²) in [6.45, 7) is 1.50. The highest BCUT2D eigenvalue weighted by molar-refractivity contribution is 8.04. The average Bonchev–Trinajstić information content (AvgIpc) is 2.37. The molecule has 4 nitrogen and oxygen atoms in total. The van der Waals surface area contributed by atoms with Crippen molar-refractivity contribution in [1.29, 1.82) is 0 Å². The van der Waals surface area contributed by atoms with Crippen molar-refractivity contribution in [2.45, 2.75) is 11.8 Å². The molecule has 0 N–H and O–H groups in total. The van der Waals surface area contributed by atoms with Gasteiger partial charge in [-0.25, -0.2) is 4.79 Å². The van der Waals surface area contributed by atoms with Crippen LogP contribution >= 0.6 is 11.8 Å². The molecular weight excluding hydrogens is 252 g/mol. The van der Waals surface area contributed by atoms with Crippen molar-refractivity contribution in [3.8, 4) is 0 Å². The van der Waals surface area contributed by atoms with E-state index in [2.05, 4.69) is 4.74 Å². The van der Waals surface area contributed by atoms with Crippen LogP contribution in [0.4, 0.5) is 0 Å². The van der Waals surface area contributed by atoms with Gasteiger partial charge in [-0.3, -0.25) is 4.79 Å². The molecule has 5 heteroatoms. The van der Waals surface area contributed by atoms with Gasteiger partial charge in [0.25, 0.3) is 0 Å². The Balaban J connectivity index is 2.94. The highest BCUT2D eigenvalue weighted by Crippen LogP contribution is 2.28. The molecular formula is C13H14O4S. The largest absolute Gasteiger partial charge is 0.503 e. The summed E-state index contributed by atoms with van der Waals surface area (Å²) in [7, 11) is 2.76. The predicted octanol–water partition coefficient (Wildman–Crippen LogP) is 2.64. The van der Waals surface area contributed by atoms with Gasteiger partial charge in [0.2, 0.25) is 0 Å². The van der Waals surface area contributed by atoms with Gasteiger partial charge in [0.05, 0.1) is 14.2 Å². The minimum Gasteiger partial charge on any atom is -0.503 e. The number of hydrogen-bond donors (Lipinski definition) is 0. The third-order valence-electron chi connectivity index (χ3n) is 2.08. The molecule has 1 rings (SSSR count). The Morgan fingerprint density at radius 2 is 2.00 bits per heavy atom. The van der Waals surface area contributed by atoms with E-state index in [1.54, 1.807) is 18.2 Å². The first-order chi connectivity index (χ1) is 8.58. The highest BCUT2D eigenvalue weighted by Gasteiger charge is 2.12. The van der Waals surface area contributed by atoms with E-state index in [1.807, 2.05) is 6.07 Å². The lowest BCUT2D eigenvalue weighted by atomic mass is 10.2. The molecule has 0 saturated carbocycles. The van der Waals surface area contributed by atoms with Gasteiger partial charge in [-0.05, 0) is 19.1 Å². The van der Waals surface area contributed by atoms with Gasteiger partial charge >= 0.3 is 5.97 Å². The summed E-state index contributed by atoms with van der Waals surface area (Å²) in [4.78, 5) is 23.8. The molecule has 0 aliphatic rings. The molecule has 0 bridgehead atoms. The van der Waals surface area contributed by atoms with Crippen LogP contribution in [-0.2, 0) is 14.3 Å². The Morgan fingerprint density at radius 3 is 2.56 bits per heavy atom. The van der Waals surface area contributed by atoms with Crippen molar-refractivity contribution in [2.24, 2.45) is 0 Å². The fourth-order valence-electron chi connectivity index (χ4n) is 1.23. The second-order valence-electron chi connectivity index (χ2n) is 3.40. The number of Topliss-reactive ketones (excluding diaryl/α,β-unsaturated/α-hetero) is 1. The molecule has 0 aromatic heterocycles. The first-order valence-electron chi connectivity index (χ1n) is 5.18. The number of methoxy groups -OCH3 is 2. The first kappa shape index (κ1) is 14.3. The summed E-state index contributed by atoms with van der Waals surface area (Å²) in [6.07, 6.45) is 1.32. The van der Waals surface area contributed by atoms with Gasteiger partial charge in [0.1, 0.15) is 11.2 Å². The Bertz CT molecular complexity index is 480. The van der Waals surface area contributed by atoms with E-state index < -0.39 is 5.97 Å². The van der Waals surface area contributed by atoms with E-state index in [0.717, 1.165) is 4.90 Å². The van der Waals surface area contributed by atoms with Gasteiger partial charge < -0.3 is 9.47 Å². The van der Waals surface area contributed by atoms with Crippen LogP contribution in [0.1, 0.15) is 17.3 Å². The van der Waals surface area contributed by atoms with Crippen molar-refractivity contribution in [1.82, 2.24) is 0 Å². The van der Waals surface area contributed by atoms with E-state index in [9.17, 15) is 9.59 Å². The summed E-state index contributed by atoms with van der Waals surface area (Å²) in [5.41, 5.74) is 0.599. The Kier molecular flexibility index (Phi) is 5.45. The number of thioether (sulfide) groups is 1. The molecule has 0 amide bonds. The highest BCUT2D eigenvalue weighted by atomic mass is 32.2. The number of ether oxygens (including phenoxy) is 2. The van der Waals surface area contributed by atoms with E-state index in [0.29, 0.717) is 10.5 Å². The number of carbonyl (C=O) groups excluding carboxylic acids is 2. The van der Waals surface area contributed by atoms with Gasteiger partial charge in [-0.1, -0.05) is 23.9 Å². The zero-order chi connectivity index (χ0) is 13.5. The molecule has 0 saturated heterocycles. The summed E-state index contributed by atoms with van der Waals surface area (Å²) in [6, 6.07) is 7.02. The molecule has 0 atom stereocenters. The van der Waals surface area contributed by atoms with E-state index in [4.69, 9.17) is 4.74 Å². The maximum atomic E-state index is 11.5. The van der Waals surface area contributed by atoms with Crippen LogP contribution in [0, 0.1) is 0 Å². The fourth-order valence-corrected chi connectivity index (χ4v) is 2.12. The molecule has 18 heavy (non-hydrogen) atoms. The molecule has 0 aliphatic heterocycles. The van der Waals surface area contributed by atoms with Crippen molar-refractivity contribution < 1.29 is 19.1 Å². The maximum Gasteiger partial charge on any atom is 0.347 e. The van der Waals surface area contributed by atoms with Crippen molar-refractivity contribution in [3.05, 3.63) is 41.0 Å². The molecule has 1 aromatic rings. The van der Waals surface area contributed by atoms with Crippen LogP contribution in [0.5, 0.6) is 0 Å². The predicted molar refractivity (Wildman–Crippen MR) is 69.4 cm³/mol. The monoisotopic (exact) mass is 266 g/mol. The number of carbonyl (C=O) groups is 2. The molecule has 1 aromatic carbocycles. The minimum absolute atomic E-state index is 0.0206. The summed E-state index contributed by atoms with van der Waals surface area (Å²) in [5.74, 6) is -0.497. The normalized spacial score (nSPS) is 10.9. The van der Waals surface area contributed by atoms with Gasteiger partial charge in [-0.2, -0.15) is 0 Å². The van der Waals surface area contributed by atoms with Crippen molar-refractivity contribution >= 4 is 23.5 Å². The lowest BCUT2D eigenvalue weighted by molar-refractivity contribution is -0.135. The molecule has 0 unspecified atom stereocenters. The van der Waals surface area contributed by atoms with Crippen LogP contribution in [0.3, 0.4) is 0 Å². The number of benzene rings is 1. The molecule has 0 aliphatic carbocycles. The number of esters is 1. The van der Waals surface area contributed by atoms with Crippen LogP contribution < -0.4 is 0 Å². The van der Waals surface area contributed by atoms with Gasteiger partial charge in [0.15, 0.2) is 5.78 Å². The zero-order valence-corrected chi connectivity index (χ0v) is 11.2. The third kappa shape index (κ3) is 3.92. The lowest BCUT2D eigenvalue weighted by Gasteiger charge is -2.05. The molecule has 96 valence electrons. The van der Waals surface area contributed by atoms with Crippen LogP contribution in [0.2, 0.25) is 0 Å². The van der Waals surface area contributed by atoms with Crippen LogP contribution in [0.25, 0.3) is 0 Å². The lowest BCUT2D eigenvalue weighted by Crippen LogP contribution is -2.02. The van der Waals surface area contributed by atoms with Crippen molar-refractivity contribution in [3.63, 3.8) is 0 Å². The van der Waals surface area contributed by atoms with E-state index in [-0.39, 0.29) is 5.78 Å². The number of hydrogen-bond acceptors (Lipinski definition) is 5. The molecule has 0 fully saturated rings. The SMILES string of the molecule is COC=C(Sc1cccc(C(C)=O)c1)C(=O)OC. The molecule has 0 radical (unpaired) electrons. The molecule has 0 spiro atoms. The summed E-state index contributed by atoms with van der Waals surface area (Å²) >= 11 is 1.19. The third-order valence-corrected chi connectivity index (χ3v) is 3.05. The van der Waals surface area contributed by atoms with Crippen molar-refractivity contribution in [2.75, 3.05) is 14.2 Å². The minimum atomic E-state index is -0.477. The standard InChI is InChI=1S/C13H14O4S/c1-9(14)10-5-4-6-11(7-10)18-12(8-16-2)13(15)17-3/h4-8H,1-3H3. The smallest absolute Gasteiger partial charge is 0.347 e. The number of ketones is 1. The second-order valence-corrected chi connectivity index (χ2v) is 4.51. The van der Waals surface area contributed by atoms with E-state index >= 15 is 0 Å². The summed E-state index contributed by atoms with van der Waals surface area (Å²) < 4.78 is 9.47. The Labute approximate surface area is 110 Å². The second kappa shape index (κ2) is 6.86. The van der Waals surface area contributed by atoms with Gasteiger partial charge in [-0.15, -0.1) is 0 Å². The zero-order valence-electron chi connectivity index (χ0n) is 10.4. The quantitative estimate of drug-likeness (QED) is 0.269. The summed E-state index contributed by atoms with van der Waals surface area (Å²) in [5, 5.41) is 0.